The first-order valence-corrected chi connectivity index (χ1v) is 11.1. The van der Waals surface area contributed by atoms with Gasteiger partial charge < -0.3 is 10.1 Å². The van der Waals surface area contributed by atoms with E-state index in [1.807, 2.05) is 45.0 Å². The lowest BCUT2D eigenvalue weighted by atomic mass is 10.1. The van der Waals surface area contributed by atoms with Crippen LogP contribution in [0, 0.1) is 32.1 Å². The van der Waals surface area contributed by atoms with Gasteiger partial charge in [-0.3, -0.25) is 14.0 Å². The maximum Gasteiger partial charge on any atom is 0.269 e. The van der Waals surface area contributed by atoms with E-state index in [-0.39, 0.29) is 17.0 Å². The number of aryl methyl sites for hydroxylation is 3. The van der Waals surface area contributed by atoms with E-state index >= 15 is 0 Å². The number of rotatable bonds is 5. The zero-order valence-corrected chi connectivity index (χ0v) is 20.1. The van der Waals surface area contributed by atoms with Crippen molar-refractivity contribution in [2.75, 3.05) is 5.32 Å². The number of ether oxygens (including phenoxy) is 1. The van der Waals surface area contributed by atoms with Gasteiger partial charge in [0.15, 0.2) is 0 Å². The summed E-state index contributed by atoms with van der Waals surface area (Å²) in [4.78, 5) is 30.9. The maximum atomic E-state index is 13.5. The normalized spacial score (nSPS) is 11.2. The van der Waals surface area contributed by atoms with Crippen LogP contribution in [0.5, 0.6) is 11.6 Å². The molecule has 0 aliphatic heterocycles. The number of aromatic nitrogens is 2. The molecular formula is C27H21ClN4O3. The minimum atomic E-state index is -0.716. The number of carbonyl (C=O) groups excluding carboxylic acids is 1. The van der Waals surface area contributed by atoms with Crippen molar-refractivity contribution in [1.29, 1.82) is 5.26 Å². The number of fused-ring (bicyclic) bond motifs is 1. The van der Waals surface area contributed by atoms with Crippen molar-refractivity contribution in [3.05, 3.63) is 104 Å². The highest BCUT2D eigenvalue weighted by Gasteiger charge is 2.19. The van der Waals surface area contributed by atoms with Crippen molar-refractivity contribution in [3.63, 3.8) is 0 Å². The maximum absolute atomic E-state index is 13.5. The highest BCUT2D eigenvalue weighted by molar-refractivity contribution is 6.34. The Labute approximate surface area is 206 Å². The molecule has 4 rings (SSSR count). The van der Waals surface area contributed by atoms with E-state index < -0.39 is 11.5 Å². The van der Waals surface area contributed by atoms with Gasteiger partial charge in [0.05, 0.1) is 10.7 Å². The Morgan fingerprint density at radius 3 is 2.60 bits per heavy atom. The Kier molecular flexibility index (Phi) is 6.67. The van der Waals surface area contributed by atoms with Crippen molar-refractivity contribution in [3.8, 4) is 17.7 Å². The molecule has 0 fully saturated rings. The summed E-state index contributed by atoms with van der Waals surface area (Å²) >= 11 is 6.12. The summed E-state index contributed by atoms with van der Waals surface area (Å²) in [6.45, 7) is 5.68. The molecule has 0 radical (unpaired) electrons. The van der Waals surface area contributed by atoms with Crippen molar-refractivity contribution in [2.45, 2.75) is 20.8 Å². The molecule has 2 heterocycles. The second-order valence-corrected chi connectivity index (χ2v) is 8.40. The lowest BCUT2D eigenvalue weighted by Crippen LogP contribution is -2.21. The molecule has 8 heteroatoms. The first kappa shape index (κ1) is 23.7. The second-order valence-electron chi connectivity index (χ2n) is 8.00. The van der Waals surface area contributed by atoms with Crippen molar-refractivity contribution in [1.82, 2.24) is 9.38 Å². The van der Waals surface area contributed by atoms with Crippen LogP contribution >= 0.6 is 11.6 Å². The summed E-state index contributed by atoms with van der Waals surface area (Å²) in [7, 11) is 0. The van der Waals surface area contributed by atoms with Gasteiger partial charge >= 0.3 is 0 Å². The molecule has 0 bridgehead atoms. The molecule has 0 atom stereocenters. The number of carbonyl (C=O) groups is 1. The molecule has 7 nitrogen and oxygen atoms in total. The Morgan fingerprint density at radius 2 is 1.89 bits per heavy atom. The Hall–Kier alpha value is -4.41. The number of nitrogens with zero attached hydrogens (tertiary/aromatic N) is 3. The summed E-state index contributed by atoms with van der Waals surface area (Å²) in [6, 6.07) is 17.7. The molecule has 1 amide bonds. The summed E-state index contributed by atoms with van der Waals surface area (Å²) in [5.74, 6) is -0.213. The molecule has 4 aromatic rings. The van der Waals surface area contributed by atoms with E-state index in [1.54, 1.807) is 42.6 Å². The van der Waals surface area contributed by atoms with E-state index in [2.05, 4.69) is 10.3 Å². The van der Waals surface area contributed by atoms with Gasteiger partial charge in [0, 0.05) is 6.20 Å². The molecule has 0 aliphatic carbocycles. The highest BCUT2D eigenvalue weighted by Crippen LogP contribution is 2.28. The lowest BCUT2D eigenvalue weighted by Gasteiger charge is -2.13. The summed E-state index contributed by atoms with van der Waals surface area (Å²) < 4.78 is 7.43. The number of halogens is 1. The number of hydrogen-bond acceptors (Lipinski definition) is 5. The van der Waals surface area contributed by atoms with Crippen LogP contribution in [0.1, 0.15) is 22.3 Å². The van der Waals surface area contributed by atoms with Crippen LogP contribution in [0.3, 0.4) is 0 Å². The van der Waals surface area contributed by atoms with Crippen LogP contribution in [-0.4, -0.2) is 15.3 Å². The smallest absolute Gasteiger partial charge is 0.269 e. The van der Waals surface area contributed by atoms with Crippen molar-refractivity contribution >= 4 is 34.9 Å². The van der Waals surface area contributed by atoms with Crippen LogP contribution in [0.25, 0.3) is 11.7 Å². The molecule has 2 aromatic heterocycles. The highest BCUT2D eigenvalue weighted by atomic mass is 35.5. The van der Waals surface area contributed by atoms with Crippen molar-refractivity contribution in [2.24, 2.45) is 0 Å². The minimum Gasteiger partial charge on any atom is -0.438 e. The fourth-order valence-corrected chi connectivity index (χ4v) is 3.74. The number of pyridine rings is 1. The van der Waals surface area contributed by atoms with E-state index in [0.717, 1.165) is 16.7 Å². The van der Waals surface area contributed by atoms with Crippen molar-refractivity contribution < 1.29 is 9.53 Å². The average molecular weight is 485 g/mol. The van der Waals surface area contributed by atoms with Gasteiger partial charge in [-0.15, -0.1) is 0 Å². The molecule has 1 N–H and O–H groups in total. The number of benzene rings is 2. The predicted molar refractivity (Wildman–Crippen MR) is 136 cm³/mol. The van der Waals surface area contributed by atoms with Crippen LogP contribution < -0.4 is 15.6 Å². The Bertz CT molecular complexity index is 1600. The summed E-state index contributed by atoms with van der Waals surface area (Å²) in [5, 5.41) is 12.6. The van der Waals surface area contributed by atoms with Gasteiger partial charge in [-0.25, -0.2) is 0 Å². The zero-order valence-electron chi connectivity index (χ0n) is 19.3. The number of amides is 1. The number of anilines is 1. The van der Waals surface area contributed by atoms with E-state index in [0.29, 0.717) is 22.1 Å². The topological polar surface area (TPSA) is 96.5 Å². The standard InChI is InChI=1S/C27H21ClN4O3/c1-16-10-11-23(18(3)13-16)35-26-20(27(34)32-12-6-7-17(2)24(32)31-26)14-19(15-29)25(33)30-22-9-5-4-8-21(22)28/h4-14H,1-3H3,(H,30,33)/b19-14-. The third-order valence-corrected chi connectivity index (χ3v) is 5.69. The number of nitrogens with one attached hydrogen (secondary N) is 1. The first-order valence-electron chi connectivity index (χ1n) is 10.7. The molecule has 0 unspecified atom stereocenters. The minimum absolute atomic E-state index is 0.00505. The van der Waals surface area contributed by atoms with Gasteiger partial charge in [-0.1, -0.05) is 47.5 Å². The van der Waals surface area contributed by atoms with Crippen LogP contribution in [0.2, 0.25) is 5.02 Å². The Balaban J connectivity index is 1.86. The lowest BCUT2D eigenvalue weighted by molar-refractivity contribution is -0.112. The van der Waals surface area contributed by atoms with Gasteiger partial charge in [0.2, 0.25) is 5.88 Å². The van der Waals surface area contributed by atoms with Crippen LogP contribution in [0.15, 0.2) is 71.2 Å². The third kappa shape index (κ3) is 4.93. The summed E-state index contributed by atoms with van der Waals surface area (Å²) in [6.07, 6.45) is 2.76. The van der Waals surface area contributed by atoms with E-state index in [1.165, 1.54) is 10.5 Å². The van der Waals surface area contributed by atoms with Crippen LogP contribution in [-0.2, 0) is 4.79 Å². The fraction of sp³-hybridized carbons (Fsp3) is 0.111. The zero-order chi connectivity index (χ0) is 25.1. The van der Waals surface area contributed by atoms with Crippen LogP contribution in [0.4, 0.5) is 5.69 Å². The SMILES string of the molecule is Cc1ccc(Oc2nc3c(C)cccn3c(=O)c2/C=C(/C#N)C(=O)Nc2ccccc2Cl)c(C)c1. The molecule has 174 valence electrons. The monoisotopic (exact) mass is 484 g/mol. The average Bonchev–Trinajstić information content (AvgIpc) is 2.83. The van der Waals surface area contributed by atoms with E-state index in [9.17, 15) is 14.9 Å². The van der Waals surface area contributed by atoms with Gasteiger partial charge in [-0.05, 0) is 62.2 Å². The van der Waals surface area contributed by atoms with Gasteiger partial charge in [0.25, 0.3) is 11.5 Å². The summed E-state index contributed by atoms with van der Waals surface area (Å²) in [5.41, 5.74) is 2.62. The third-order valence-electron chi connectivity index (χ3n) is 5.36. The number of para-hydroxylation sites is 1. The molecule has 0 saturated carbocycles. The molecule has 0 spiro atoms. The quantitative estimate of drug-likeness (QED) is 0.293. The second kappa shape index (κ2) is 9.84. The largest absolute Gasteiger partial charge is 0.438 e. The molecule has 0 saturated heterocycles. The molecule has 0 aliphatic rings. The predicted octanol–water partition coefficient (Wildman–Crippen LogP) is 5.61. The number of nitriles is 1. The van der Waals surface area contributed by atoms with Gasteiger partial charge in [-0.2, -0.15) is 10.2 Å². The molecule has 2 aromatic carbocycles. The van der Waals surface area contributed by atoms with E-state index in [4.69, 9.17) is 16.3 Å². The number of hydrogen-bond donors (Lipinski definition) is 1. The van der Waals surface area contributed by atoms with Gasteiger partial charge in [0.1, 0.15) is 28.6 Å². The molecular weight excluding hydrogens is 464 g/mol. The fourth-order valence-electron chi connectivity index (χ4n) is 3.56. The molecule has 35 heavy (non-hydrogen) atoms. The first-order chi connectivity index (χ1) is 16.8. The Morgan fingerprint density at radius 1 is 1.11 bits per heavy atom.